The first kappa shape index (κ1) is 18.3. The molecule has 24 heavy (non-hydrogen) atoms. The Morgan fingerprint density at radius 1 is 1.21 bits per heavy atom. The second kappa shape index (κ2) is 7.66. The van der Waals surface area contributed by atoms with Crippen LogP contribution in [-0.2, 0) is 14.4 Å². The maximum absolute atomic E-state index is 14.3. The summed E-state index contributed by atoms with van der Waals surface area (Å²) < 4.78 is 14.3. The fourth-order valence-corrected chi connectivity index (χ4v) is 3.32. The first-order valence-electron chi connectivity index (χ1n) is 8.35. The van der Waals surface area contributed by atoms with Crippen molar-refractivity contribution in [3.8, 4) is 0 Å². The van der Waals surface area contributed by atoms with E-state index in [9.17, 15) is 18.8 Å². The van der Waals surface area contributed by atoms with Crippen molar-refractivity contribution in [3.05, 3.63) is 35.6 Å². The summed E-state index contributed by atoms with van der Waals surface area (Å²) >= 11 is 0. The summed E-state index contributed by atoms with van der Waals surface area (Å²) in [6.07, 6.45) is 0. The third kappa shape index (κ3) is 3.38. The molecule has 1 heterocycles. The number of carbonyl (C=O) groups is 3. The van der Waals surface area contributed by atoms with E-state index in [0.29, 0.717) is 13.1 Å². The van der Waals surface area contributed by atoms with Gasteiger partial charge in [-0.3, -0.25) is 14.4 Å². The van der Waals surface area contributed by atoms with Crippen molar-refractivity contribution < 1.29 is 23.7 Å². The molecule has 1 N–H and O–H groups in total. The number of ketones is 2. The van der Waals surface area contributed by atoms with Crippen LogP contribution >= 0.6 is 0 Å². The van der Waals surface area contributed by atoms with E-state index in [1.165, 1.54) is 22.8 Å². The van der Waals surface area contributed by atoms with E-state index >= 15 is 0 Å². The number of likely N-dealkylation sites (tertiary alicyclic amines) is 1. The zero-order valence-corrected chi connectivity index (χ0v) is 14.3. The van der Waals surface area contributed by atoms with Gasteiger partial charge in [0, 0.05) is 5.56 Å². The van der Waals surface area contributed by atoms with Crippen LogP contribution in [-0.4, -0.2) is 48.6 Å². The predicted octanol–water partition coefficient (Wildman–Crippen LogP) is 0.408. The van der Waals surface area contributed by atoms with Crippen LogP contribution in [0.5, 0.6) is 0 Å². The van der Waals surface area contributed by atoms with Crippen molar-refractivity contribution in [1.29, 1.82) is 0 Å². The molecular formula is C18H24FN2O3+. The lowest BCUT2D eigenvalue weighted by Gasteiger charge is -2.28. The summed E-state index contributed by atoms with van der Waals surface area (Å²) in [5, 5.41) is 0. The average Bonchev–Trinajstić information content (AvgIpc) is 2.81. The van der Waals surface area contributed by atoms with Crippen LogP contribution in [0.1, 0.15) is 32.4 Å². The lowest BCUT2D eigenvalue weighted by Crippen LogP contribution is -3.12. The Morgan fingerprint density at radius 3 is 2.38 bits per heavy atom. The third-order valence-corrected chi connectivity index (χ3v) is 4.77. The highest BCUT2D eigenvalue weighted by Crippen LogP contribution is 2.37. The van der Waals surface area contributed by atoms with Crippen LogP contribution < -0.4 is 4.90 Å². The summed E-state index contributed by atoms with van der Waals surface area (Å²) in [5.41, 5.74) is 0.228. The molecule has 1 amide bonds. The highest BCUT2D eigenvalue weighted by atomic mass is 19.1. The van der Waals surface area contributed by atoms with Crippen LogP contribution in [0.15, 0.2) is 24.3 Å². The molecule has 0 radical (unpaired) electrons. The lowest BCUT2D eigenvalue weighted by atomic mass is 9.89. The van der Waals surface area contributed by atoms with Gasteiger partial charge in [-0.25, -0.2) is 4.39 Å². The number of quaternary nitrogens is 1. The molecule has 0 saturated carbocycles. The molecule has 6 heteroatoms. The molecule has 0 bridgehead atoms. The minimum Gasteiger partial charge on any atom is -0.334 e. The molecule has 1 aromatic carbocycles. The maximum Gasteiger partial charge on any atom is 0.291 e. The topological polar surface area (TPSA) is 58.9 Å². The predicted molar refractivity (Wildman–Crippen MR) is 86.9 cm³/mol. The van der Waals surface area contributed by atoms with Gasteiger partial charge in [-0.1, -0.05) is 18.2 Å². The van der Waals surface area contributed by atoms with E-state index in [1.54, 1.807) is 18.2 Å². The molecule has 1 fully saturated rings. The Bertz CT molecular complexity index is 643. The second-order valence-corrected chi connectivity index (χ2v) is 6.12. The lowest BCUT2D eigenvalue weighted by molar-refractivity contribution is -0.895. The van der Waals surface area contributed by atoms with E-state index in [-0.39, 0.29) is 5.56 Å². The van der Waals surface area contributed by atoms with Crippen molar-refractivity contribution in [1.82, 2.24) is 4.90 Å². The molecule has 1 aliphatic rings. The van der Waals surface area contributed by atoms with Crippen molar-refractivity contribution in [2.45, 2.75) is 26.8 Å². The Morgan fingerprint density at radius 2 is 1.83 bits per heavy atom. The number of nitrogens with zero attached hydrogens (tertiary/aromatic N) is 1. The standard InChI is InChI=1S/C18H23FN2O3/c1-4-20(5-2)10-11-21-16(13-8-6-7-9-14(13)19)15(12(3)22)17(23)18(21)24/h6-9,15-16H,4-5,10-11H2,1-3H3/p+1. The zero-order chi connectivity index (χ0) is 17.9. The highest BCUT2D eigenvalue weighted by Gasteiger charge is 2.51. The number of benzene rings is 1. The molecule has 0 aliphatic carbocycles. The highest BCUT2D eigenvalue weighted by molar-refractivity contribution is 6.42. The quantitative estimate of drug-likeness (QED) is 0.580. The van der Waals surface area contributed by atoms with Gasteiger partial charge in [0.25, 0.3) is 5.91 Å². The van der Waals surface area contributed by atoms with E-state index in [1.807, 2.05) is 13.8 Å². The molecule has 130 valence electrons. The summed E-state index contributed by atoms with van der Waals surface area (Å²) in [6, 6.07) is 5.17. The summed E-state index contributed by atoms with van der Waals surface area (Å²) in [6.45, 7) is 8.14. The van der Waals surface area contributed by atoms with Crippen molar-refractivity contribution in [2.24, 2.45) is 5.92 Å². The fourth-order valence-electron chi connectivity index (χ4n) is 3.32. The van der Waals surface area contributed by atoms with Gasteiger partial charge >= 0.3 is 0 Å². The SMILES string of the molecule is CC[NH+](CC)CCN1C(=O)C(=O)C(C(C)=O)C1c1ccccc1F. The van der Waals surface area contributed by atoms with Crippen LogP contribution in [0, 0.1) is 11.7 Å². The summed E-state index contributed by atoms with van der Waals surface area (Å²) in [4.78, 5) is 39.3. The Labute approximate surface area is 141 Å². The van der Waals surface area contributed by atoms with Gasteiger partial charge in [-0.2, -0.15) is 0 Å². The number of hydrogen-bond acceptors (Lipinski definition) is 3. The Kier molecular flexibility index (Phi) is 5.83. The first-order valence-corrected chi connectivity index (χ1v) is 8.35. The molecule has 2 rings (SSSR count). The molecule has 1 saturated heterocycles. The van der Waals surface area contributed by atoms with Gasteiger partial charge < -0.3 is 9.80 Å². The number of likely N-dealkylation sites (N-methyl/N-ethyl adjacent to an activating group) is 1. The van der Waals surface area contributed by atoms with E-state index in [0.717, 1.165) is 13.1 Å². The third-order valence-electron chi connectivity index (χ3n) is 4.77. The van der Waals surface area contributed by atoms with Gasteiger partial charge in [0.15, 0.2) is 0 Å². The summed E-state index contributed by atoms with van der Waals surface area (Å²) in [7, 11) is 0. The molecule has 0 spiro atoms. The van der Waals surface area contributed by atoms with E-state index in [4.69, 9.17) is 0 Å². The van der Waals surface area contributed by atoms with Gasteiger partial charge in [-0.15, -0.1) is 0 Å². The molecule has 2 atom stereocenters. The van der Waals surface area contributed by atoms with Gasteiger partial charge in [0.05, 0.1) is 32.2 Å². The van der Waals surface area contributed by atoms with E-state index < -0.39 is 35.3 Å². The second-order valence-electron chi connectivity index (χ2n) is 6.12. The fraction of sp³-hybridized carbons (Fsp3) is 0.500. The van der Waals surface area contributed by atoms with Crippen molar-refractivity contribution in [2.75, 3.05) is 26.2 Å². The number of nitrogens with one attached hydrogen (secondary N) is 1. The molecule has 2 unspecified atom stereocenters. The summed E-state index contributed by atoms with van der Waals surface area (Å²) in [5.74, 6) is -3.45. The maximum atomic E-state index is 14.3. The monoisotopic (exact) mass is 335 g/mol. The van der Waals surface area contributed by atoms with Crippen LogP contribution in [0.2, 0.25) is 0 Å². The van der Waals surface area contributed by atoms with Crippen molar-refractivity contribution in [3.63, 3.8) is 0 Å². The largest absolute Gasteiger partial charge is 0.334 e. The minimum absolute atomic E-state index is 0.228. The van der Waals surface area contributed by atoms with Crippen molar-refractivity contribution >= 4 is 17.5 Å². The number of rotatable bonds is 7. The number of Topliss-reactive ketones (excluding diaryl/α,β-unsaturated/α-hetero) is 2. The molecule has 1 aliphatic heterocycles. The normalized spacial score (nSPS) is 21.0. The molecule has 1 aromatic rings. The molecular weight excluding hydrogens is 311 g/mol. The first-order chi connectivity index (χ1) is 11.4. The van der Waals surface area contributed by atoms with Gasteiger partial charge in [-0.05, 0) is 26.8 Å². The van der Waals surface area contributed by atoms with Gasteiger partial charge in [0.2, 0.25) is 5.78 Å². The smallest absolute Gasteiger partial charge is 0.291 e. The molecule has 0 aromatic heterocycles. The van der Waals surface area contributed by atoms with E-state index in [2.05, 4.69) is 0 Å². The average molecular weight is 335 g/mol. The molecule has 5 nitrogen and oxygen atoms in total. The van der Waals surface area contributed by atoms with Gasteiger partial charge in [0.1, 0.15) is 17.5 Å². The number of hydrogen-bond donors (Lipinski definition) is 1. The zero-order valence-electron chi connectivity index (χ0n) is 14.3. The van der Waals surface area contributed by atoms with Crippen LogP contribution in [0.4, 0.5) is 4.39 Å². The number of halogens is 1. The minimum atomic E-state index is -1.12. The number of carbonyl (C=O) groups excluding carboxylic acids is 3. The van der Waals surface area contributed by atoms with Crippen LogP contribution in [0.3, 0.4) is 0 Å². The van der Waals surface area contributed by atoms with Crippen LogP contribution in [0.25, 0.3) is 0 Å². The Balaban J connectivity index is 2.38. The number of amides is 1. The Hall–Kier alpha value is -2.08.